The number of carbonyl (C=O) groups is 2. The summed E-state index contributed by atoms with van der Waals surface area (Å²) < 4.78 is 0. The van der Waals surface area contributed by atoms with Gasteiger partial charge in [-0.1, -0.05) is 124 Å². The van der Waals surface area contributed by atoms with E-state index in [4.69, 9.17) is 0 Å². The normalized spacial score (nSPS) is 15.5. The summed E-state index contributed by atoms with van der Waals surface area (Å²) in [5, 5.41) is 17.5. The van der Waals surface area contributed by atoms with Gasteiger partial charge in [0.15, 0.2) is 5.78 Å². The third-order valence-corrected chi connectivity index (χ3v) is 11.5. The van der Waals surface area contributed by atoms with Crippen LogP contribution in [-0.2, 0) is 12.0 Å². The van der Waals surface area contributed by atoms with Crippen LogP contribution in [0.4, 0.5) is 11.4 Å². The van der Waals surface area contributed by atoms with E-state index in [0.29, 0.717) is 12.1 Å². The molecular weight excluding hydrogens is 689 g/mol. The molecule has 5 nitrogen and oxygen atoms in total. The minimum absolute atomic E-state index is 0.0994. The molecule has 2 aliphatic rings. The molecule has 0 saturated carbocycles. The number of carbonyl (C=O) groups excluding carboxylic acids is 1. The summed E-state index contributed by atoms with van der Waals surface area (Å²) in [6, 6.07) is 36.5. The van der Waals surface area contributed by atoms with Crippen LogP contribution >= 0.6 is 0 Å². The van der Waals surface area contributed by atoms with E-state index < -0.39 is 5.97 Å². The summed E-state index contributed by atoms with van der Waals surface area (Å²) in [4.78, 5) is 27.9. The number of anilines is 2. The van der Waals surface area contributed by atoms with Gasteiger partial charge in [0.25, 0.3) is 0 Å². The van der Waals surface area contributed by atoms with E-state index in [1.54, 1.807) is 36.4 Å². The van der Waals surface area contributed by atoms with Crippen LogP contribution in [0.25, 0.3) is 44.3 Å². The highest BCUT2D eigenvalue weighted by molar-refractivity contribution is 6.19. The van der Waals surface area contributed by atoms with Crippen molar-refractivity contribution in [3.05, 3.63) is 166 Å². The van der Waals surface area contributed by atoms with Crippen molar-refractivity contribution in [2.75, 3.05) is 24.3 Å². The number of hydrogen-bond acceptors (Lipinski definition) is 4. The number of aromatic carboxylic acids is 1. The first-order valence-electron chi connectivity index (χ1n) is 19.4. The molecule has 5 heteroatoms. The average Bonchev–Trinajstić information content (AvgIpc) is 3.17. The summed E-state index contributed by atoms with van der Waals surface area (Å²) in [5.74, 6) is -1.10. The molecule has 56 heavy (non-hydrogen) atoms. The lowest BCUT2D eigenvalue weighted by Crippen LogP contribution is -2.28. The number of carboxylic acids is 1. The first-order valence-corrected chi connectivity index (χ1v) is 19.4. The van der Waals surface area contributed by atoms with Crippen molar-refractivity contribution < 1.29 is 14.7 Å². The molecule has 0 amide bonds. The average molecular weight is 737 g/mol. The zero-order valence-electron chi connectivity index (χ0n) is 33.0. The molecule has 0 saturated heterocycles. The Morgan fingerprint density at radius 2 is 1.52 bits per heavy atom. The zero-order chi connectivity index (χ0) is 39.4. The lowest BCUT2D eigenvalue weighted by molar-refractivity contribution is 0.0696. The van der Waals surface area contributed by atoms with Crippen LogP contribution < -0.4 is 10.2 Å². The standard InChI is InChI=1S/C51H48N2O3/c1-50(2)26-25-40-38(29-50)30-51(3,4)48-43(40)23-19-36-27-37(28-44(46(36)48)52-31-33-13-20-39(21-14-33)53(5)6)42-22-18-34-9-7-8-10-41(34)47(42)45(54)24-15-32-11-16-35(17-12-32)49(55)56/h7-28,52H,29-31H2,1-6H3,(H,55,56). The highest BCUT2D eigenvalue weighted by Gasteiger charge is 2.37. The van der Waals surface area contributed by atoms with Gasteiger partial charge < -0.3 is 15.3 Å². The van der Waals surface area contributed by atoms with E-state index in [9.17, 15) is 14.7 Å². The van der Waals surface area contributed by atoms with Crippen molar-refractivity contribution in [1.29, 1.82) is 0 Å². The molecule has 0 heterocycles. The fourth-order valence-electron chi connectivity index (χ4n) is 8.76. The molecule has 8 rings (SSSR count). The monoisotopic (exact) mass is 736 g/mol. The fraction of sp³-hybridized carbons (Fsp3) is 0.216. The Morgan fingerprint density at radius 3 is 2.25 bits per heavy atom. The SMILES string of the molecule is CN(C)c1ccc(CNc2cc(-c3ccc4ccccc4c3C(=O)C=Cc3ccc(C(=O)O)cc3)cc3ccc4c(c23)C(C)(C)CC2=C4C=CC(C)(C)C2)cc1. The Bertz CT molecular complexity index is 2640. The van der Waals surface area contributed by atoms with Crippen molar-refractivity contribution in [2.45, 2.75) is 52.5 Å². The third-order valence-electron chi connectivity index (χ3n) is 11.5. The molecule has 2 aliphatic carbocycles. The molecule has 280 valence electrons. The highest BCUT2D eigenvalue weighted by Crippen LogP contribution is 2.52. The smallest absolute Gasteiger partial charge is 0.335 e. The van der Waals surface area contributed by atoms with Crippen molar-refractivity contribution in [2.24, 2.45) is 5.41 Å². The summed E-state index contributed by atoms with van der Waals surface area (Å²) in [7, 11) is 4.11. The maximum atomic E-state index is 14.4. The van der Waals surface area contributed by atoms with Crippen LogP contribution in [-0.4, -0.2) is 31.0 Å². The Morgan fingerprint density at radius 1 is 0.804 bits per heavy atom. The van der Waals surface area contributed by atoms with E-state index in [1.807, 2.05) is 24.3 Å². The number of allylic oxidation sites excluding steroid dienone is 5. The number of ketones is 1. The Hall–Kier alpha value is -6.20. The van der Waals surface area contributed by atoms with E-state index in [-0.39, 0.29) is 22.2 Å². The Balaban J connectivity index is 1.30. The molecule has 0 atom stereocenters. The summed E-state index contributed by atoms with van der Waals surface area (Å²) in [6.45, 7) is 10.1. The summed E-state index contributed by atoms with van der Waals surface area (Å²) in [6.07, 6.45) is 10.1. The molecule has 6 aromatic carbocycles. The molecule has 0 aromatic heterocycles. The van der Waals surface area contributed by atoms with Crippen LogP contribution in [0.2, 0.25) is 0 Å². The lowest BCUT2D eigenvalue weighted by atomic mass is 9.64. The van der Waals surface area contributed by atoms with Crippen LogP contribution in [0.1, 0.15) is 83.5 Å². The highest BCUT2D eigenvalue weighted by atomic mass is 16.4. The maximum Gasteiger partial charge on any atom is 0.335 e. The van der Waals surface area contributed by atoms with Gasteiger partial charge in [0.2, 0.25) is 0 Å². The number of hydrogen-bond donors (Lipinski definition) is 2. The molecule has 0 aliphatic heterocycles. The van der Waals surface area contributed by atoms with Gasteiger partial charge in [-0.15, -0.1) is 0 Å². The second-order valence-electron chi connectivity index (χ2n) is 16.9. The third kappa shape index (κ3) is 6.94. The predicted octanol–water partition coefficient (Wildman–Crippen LogP) is 12.4. The van der Waals surface area contributed by atoms with E-state index in [1.165, 1.54) is 33.2 Å². The van der Waals surface area contributed by atoms with Gasteiger partial charge in [-0.05, 0) is 121 Å². The molecule has 6 aromatic rings. The van der Waals surface area contributed by atoms with Crippen molar-refractivity contribution in [3.8, 4) is 11.1 Å². The largest absolute Gasteiger partial charge is 0.478 e. The number of benzene rings is 6. The molecular formula is C51H48N2O3. The lowest BCUT2D eigenvalue weighted by Gasteiger charge is -2.40. The van der Waals surface area contributed by atoms with Crippen LogP contribution in [0.5, 0.6) is 0 Å². The molecule has 0 radical (unpaired) electrons. The first-order chi connectivity index (χ1) is 26.8. The summed E-state index contributed by atoms with van der Waals surface area (Å²) >= 11 is 0. The number of nitrogens with zero attached hydrogens (tertiary/aromatic N) is 1. The second kappa shape index (κ2) is 14.1. The summed E-state index contributed by atoms with van der Waals surface area (Å²) in [5.41, 5.74) is 12.4. The van der Waals surface area contributed by atoms with Crippen LogP contribution in [0.3, 0.4) is 0 Å². The van der Waals surface area contributed by atoms with Crippen molar-refractivity contribution in [3.63, 3.8) is 0 Å². The zero-order valence-corrected chi connectivity index (χ0v) is 33.0. The molecule has 0 unspecified atom stereocenters. The van der Waals surface area contributed by atoms with Crippen molar-refractivity contribution >= 4 is 56.3 Å². The minimum atomic E-state index is -0.982. The van der Waals surface area contributed by atoms with Gasteiger partial charge in [-0.2, -0.15) is 0 Å². The molecule has 0 spiro atoms. The Kier molecular flexibility index (Phi) is 9.28. The van der Waals surface area contributed by atoms with Gasteiger partial charge in [-0.25, -0.2) is 4.79 Å². The van der Waals surface area contributed by atoms with Gasteiger partial charge in [0.1, 0.15) is 0 Å². The maximum absolute atomic E-state index is 14.4. The first kappa shape index (κ1) is 36.8. The van der Waals surface area contributed by atoms with Gasteiger partial charge in [0.05, 0.1) is 5.56 Å². The van der Waals surface area contributed by atoms with Crippen molar-refractivity contribution in [1.82, 2.24) is 0 Å². The topological polar surface area (TPSA) is 69.6 Å². The van der Waals surface area contributed by atoms with E-state index >= 15 is 0 Å². The molecule has 0 bridgehead atoms. The predicted molar refractivity (Wildman–Crippen MR) is 234 cm³/mol. The van der Waals surface area contributed by atoms with Gasteiger partial charge in [-0.3, -0.25) is 4.79 Å². The molecule has 0 fully saturated rings. The number of carboxylic acid groups (broad SMARTS) is 1. The van der Waals surface area contributed by atoms with E-state index in [2.05, 4.69) is 125 Å². The van der Waals surface area contributed by atoms with Gasteiger partial charge >= 0.3 is 5.97 Å². The number of nitrogens with one attached hydrogen (secondary N) is 1. The second-order valence-corrected chi connectivity index (χ2v) is 16.9. The number of rotatable bonds is 9. The quantitative estimate of drug-likeness (QED) is 0.114. The van der Waals surface area contributed by atoms with Gasteiger partial charge in [0, 0.05) is 43.0 Å². The fourth-order valence-corrected chi connectivity index (χ4v) is 8.76. The minimum Gasteiger partial charge on any atom is -0.478 e. The number of fused-ring (bicyclic) bond motifs is 5. The van der Waals surface area contributed by atoms with Crippen LogP contribution in [0.15, 0.2) is 133 Å². The van der Waals surface area contributed by atoms with Crippen LogP contribution in [0, 0.1) is 5.41 Å². The Labute approximate surface area is 329 Å². The molecule has 2 N–H and O–H groups in total. The van der Waals surface area contributed by atoms with E-state index in [0.717, 1.165) is 57.1 Å².